The van der Waals surface area contributed by atoms with E-state index in [0.29, 0.717) is 5.92 Å². The molecule has 0 atom stereocenters. The van der Waals surface area contributed by atoms with Gasteiger partial charge in [-0.3, -0.25) is 0 Å². The van der Waals surface area contributed by atoms with Gasteiger partial charge in [0.15, 0.2) is 0 Å². The number of nitrogens with one attached hydrogen (secondary N) is 2. The molecule has 17 heavy (non-hydrogen) atoms. The zero-order valence-electron chi connectivity index (χ0n) is 11.4. The number of hydrogen-bond donors (Lipinski definition) is 3. The summed E-state index contributed by atoms with van der Waals surface area (Å²) >= 11 is 0. The summed E-state index contributed by atoms with van der Waals surface area (Å²) < 4.78 is 0. The number of amides is 2. The largest absolute Gasteiger partial charge is 0.352 e. The molecule has 1 rings (SSSR count). The number of carbonyl (C=O) groups is 1. The Labute approximate surface area is 105 Å². The van der Waals surface area contributed by atoms with Crippen LogP contribution in [0.2, 0.25) is 0 Å². The van der Waals surface area contributed by atoms with Crippen LogP contribution in [-0.4, -0.2) is 24.7 Å². The van der Waals surface area contributed by atoms with E-state index in [2.05, 4.69) is 31.4 Å². The molecule has 4 heteroatoms. The second kappa shape index (κ2) is 6.24. The van der Waals surface area contributed by atoms with Gasteiger partial charge in [0.25, 0.3) is 0 Å². The molecule has 0 aromatic rings. The van der Waals surface area contributed by atoms with E-state index in [0.717, 1.165) is 19.0 Å². The van der Waals surface area contributed by atoms with E-state index >= 15 is 0 Å². The molecular formula is C13H27N3O. The normalized spacial score (nSPS) is 25.6. The Morgan fingerprint density at radius 1 is 1.12 bits per heavy atom. The maximum absolute atomic E-state index is 10.6. The number of carbonyl (C=O) groups excluding carboxylic acids is 1. The highest BCUT2D eigenvalue weighted by molar-refractivity contribution is 5.71. The van der Waals surface area contributed by atoms with Crippen LogP contribution >= 0.6 is 0 Å². The fourth-order valence-corrected chi connectivity index (χ4v) is 2.34. The van der Waals surface area contributed by atoms with Gasteiger partial charge in [-0.1, -0.05) is 0 Å². The lowest BCUT2D eigenvalue weighted by molar-refractivity contribution is 0.232. The molecule has 4 nitrogen and oxygen atoms in total. The second-order valence-corrected chi connectivity index (χ2v) is 6.26. The summed E-state index contributed by atoms with van der Waals surface area (Å²) in [4.78, 5) is 10.6. The third kappa shape index (κ3) is 6.51. The van der Waals surface area contributed by atoms with Crippen LogP contribution in [0.15, 0.2) is 0 Å². The van der Waals surface area contributed by atoms with Crippen LogP contribution in [0.25, 0.3) is 0 Å². The third-order valence-electron chi connectivity index (χ3n) is 3.45. The molecule has 4 N–H and O–H groups in total. The van der Waals surface area contributed by atoms with Gasteiger partial charge >= 0.3 is 6.03 Å². The zero-order chi connectivity index (χ0) is 12.9. The molecule has 0 aromatic carbocycles. The molecule has 0 aliphatic heterocycles. The second-order valence-electron chi connectivity index (χ2n) is 6.26. The average molecular weight is 241 g/mol. The molecule has 0 spiro atoms. The molecule has 1 saturated carbocycles. The Morgan fingerprint density at radius 2 is 1.59 bits per heavy atom. The summed E-state index contributed by atoms with van der Waals surface area (Å²) in [5, 5.41) is 6.28. The van der Waals surface area contributed by atoms with Gasteiger partial charge in [-0.15, -0.1) is 0 Å². The van der Waals surface area contributed by atoms with Gasteiger partial charge in [-0.2, -0.15) is 0 Å². The number of hydrogen-bond acceptors (Lipinski definition) is 2. The van der Waals surface area contributed by atoms with Crippen molar-refractivity contribution in [3.63, 3.8) is 0 Å². The average Bonchev–Trinajstić information content (AvgIpc) is 2.24. The Hall–Kier alpha value is -0.770. The summed E-state index contributed by atoms with van der Waals surface area (Å²) in [6.07, 6.45) is 4.93. The summed E-state index contributed by atoms with van der Waals surface area (Å²) in [6.45, 7) is 8.47. The van der Waals surface area contributed by atoms with Crippen LogP contribution in [0, 0.1) is 11.8 Å². The van der Waals surface area contributed by atoms with E-state index in [1.54, 1.807) is 0 Å². The first-order valence-electron chi connectivity index (χ1n) is 6.65. The van der Waals surface area contributed by atoms with Gasteiger partial charge in [0.2, 0.25) is 0 Å². The van der Waals surface area contributed by atoms with Crippen molar-refractivity contribution in [3.8, 4) is 0 Å². The van der Waals surface area contributed by atoms with Gasteiger partial charge in [-0.05, 0) is 64.8 Å². The van der Waals surface area contributed by atoms with Crippen molar-refractivity contribution in [1.82, 2.24) is 10.6 Å². The summed E-state index contributed by atoms with van der Waals surface area (Å²) in [5.74, 6) is 1.41. The number of nitrogens with two attached hydrogens (primary N) is 1. The predicted octanol–water partition coefficient (Wildman–Crippen LogP) is 1.85. The van der Waals surface area contributed by atoms with Gasteiger partial charge in [0.05, 0.1) is 0 Å². The van der Waals surface area contributed by atoms with E-state index in [4.69, 9.17) is 5.73 Å². The first-order chi connectivity index (χ1) is 7.87. The minimum absolute atomic E-state index is 0.213. The SMILES string of the molecule is CC(C)(C)NCC1CCC(CNC(N)=O)CC1. The maximum Gasteiger partial charge on any atom is 0.312 e. The van der Waals surface area contributed by atoms with Crippen molar-refractivity contribution >= 4 is 6.03 Å². The van der Waals surface area contributed by atoms with E-state index in [-0.39, 0.29) is 5.54 Å². The van der Waals surface area contributed by atoms with Crippen LogP contribution in [0.3, 0.4) is 0 Å². The molecule has 100 valence electrons. The Morgan fingerprint density at radius 3 is 2.00 bits per heavy atom. The molecule has 0 radical (unpaired) electrons. The molecule has 0 unspecified atom stereocenters. The van der Waals surface area contributed by atoms with Crippen LogP contribution < -0.4 is 16.4 Å². The summed E-state index contributed by atoms with van der Waals surface area (Å²) in [5.41, 5.74) is 5.29. The number of primary amides is 1. The first-order valence-corrected chi connectivity index (χ1v) is 6.65. The highest BCUT2D eigenvalue weighted by Gasteiger charge is 2.22. The lowest BCUT2D eigenvalue weighted by Crippen LogP contribution is -2.40. The van der Waals surface area contributed by atoms with Gasteiger partial charge in [0, 0.05) is 12.1 Å². The Kier molecular flexibility index (Phi) is 5.25. The van der Waals surface area contributed by atoms with Crippen LogP contribution in [-0.2, 0) is 0 Å². The minimum Gasteiger partial charge on any atom is -0.352 e. The molecule has 2 amide bonds. The van der Waals surface area contributed by atoms with E-state index in [9.17, 15) is 4.79 Å². The fraction of sp³-hybridized carbons (Fsp3) is 0.923. The van der Waals surface area contributed by atoms with Crippen molar-refractivity contribution in [1.29, 1.82) is 0 Å². The molecule has 0 bridgehead atoms. The smallest absolute Gasteiger partial charge is 0.312 e. The number of rotatable bonds is 4. The van der Waals surface area contributed by atoms with Crippen molar-refractivity contribution in [3.05, 3.63) is 0 Å². The van der Waals surface area contributed by atoms with Crippen molar-refractivity contribution in [2.45, 2.75) is 52.0 Å². The summed E-state index contributed by atoms with van der Waals surface area (Å²) in [6, 6.07) is -0.401. The standard InChI is InChI=1S/C13H27N3O/c1-13(2,3)16-9-11-6-4-10(5-7-11)8-15-12(14)17/h10-11,16H,4-9H2,1-3H3,(H3,14,15,17). The van der Waals surface area contributed by atoms with Gasteiger partial charge in [0.1, 0.15) is 0 Å². The lowest BCUT2D eigenvalue weighted by atomic mass is 9.81. The minimum atomic E-state index is -0.401. The zero-order valence-corrected chi connectivity index (χ0v) is 11.4. The molecule has 1 fully saturated rings. The van der Waals surface area contributed by atoms with Crippen LogP contribution in [0.5, 0.6) is 0 Å². The summed E-state index contributed by atoms with van der Waals surface area (Å²) in [7, 11) is 0. The van der Waals surface area contributed by atoms with E-state index in [1.165, 1.54) is 25.7 Å². The Bertz CT molecular complexity index is 240. The van der Waals surface area contributed by atoms with Crippen molar-refractivity contribution in [2.24, 2.45) is 17.6 Å². The number of urea groups is 1. The van der Waals surface area contributed by atoms with Crippen molar-refractivity contribution in [2.75, 3.05) is 13.1 Å². The van der Waals surface area contributed by atoms with Crippen LogP contribution in [0.4, 0.5) is 4.79 Å². The Balaban J connectivity index is 2.15. The lowest BCUT2D eigenvalue weighted by Gasteiger charge is -2.31. The topological polar surface area (TPSA) is 67.2 Å². The first kappa shape index (κ1) is 14.3. The third-order valence-corrected chi connectivity index (χ3v) is 3.45. The molecule has 0 aromatic heterocycles. The van der Waals surface area contributed by atoms with Crippen molar-refractivity contribution < 1.29 is 4.79 Å². The molecule has 0 saturated heterocycles. The maximum atomic E-state index is 10.6. The van der Waals surface area contributed by atoms with Crippen LogP contribution in [0.1, 0.15) is 46.5 Å². The quantitative estimate of drug-likeness (QED) is 0.703. The molecule has 0 heterocycles. The van der Waals surface area contributed by atoms with Gasteiger partial charge < -0.3 is 16.4 Å². The fourth-order valence-electron chi connectivity index (χ4n) is 2.34. The monoisotopic (exact) mass is 241 g/mol. The van der Waals surface area contributed by atoms with E-state index in [1.807, 2.05) is 0 Å². The molecule has 1 aliphatic rings. The highest BCUT2D eigenvalue weighted by Crippen LogP contribution is 2.28. The predicted molar refractivity (Wildman–Crippen MR) is 70.8 cm³/mol. The van der Waals surface area contributed by atoms with E-state index < -0.39 is 6.03 Å². The van der Waals surface area contributed by atoms with Gasteiger partial charge in [-0.25, -0.2) is 4.79 Å². The highest BCUT2D eigenvalue weighted by atomic mass is 16.2. The molecule has 1 aliphatic carbocycles. The molecular weight excluding hydrogens is 214 g/mol.